The molecule has 0 spiro atoms. The largest absolute Gasteiger partial charge is 0.303 e. The number of nitrogens with zero attached hydrogens (tertiary/aromatic N) is 2. The highest BCUT2D eigenvalue weighted by molar-refractivity contribution is 5.28. The van der Waals surface area contributed by atoms with Gasteiger partial charge in [0.15, 0.2) is 0 Å². The molecule has 3 unspecified atom stereocenters. The van der Waals surface area contributed by atoms with E-state index in [0.29, 0.717) is 0 Å². The first-order chi connectivity index (χ1) is 12.9. The maximum Gasteiger partial charge on any atom is 0.00954 e. The number of likely N-dealkylation sites (tertiary alicyclic amines) is 2. The van der Waals surface area contributed by atoms with Crippen molar-refractivity contribution in [2.75, 3.05) is 32.7 Å². The maximum atomic E-state index is 2.87. The quantitative estimate of drug-likeness (QED) is 0.758. The van der Waals surface area contributed by atoms with Crippen molar-refractivity contribution in [3.63, 3.8) is 0 Å². The summed E-state index contributed by atoms with van der Waals surface area (Å²) in [7, 11) is 0. The van der Waals surface area contributed by atoms with Crippen molar-refractivity contribution in [2.45, 2.75) is 69.7 Å². The Balaban J connectivity index is 1.19. The van der Waals surface area contributed by atoms with Crippen molar-refractivity contribution in [1.29, 1.82) is 0 Å². The molecule has 3 atom stereocenters. The van der Waals surface area contributed by atoms with Gasteiger partial charge in [-0.25, -0.2) is 0 Å². The van der Waals surface area contributed by atoms with E-state index in [4.69, 9.17) is 0 Å². The Labute approximate surface area is 159 Å². The lowest BCUT2D eigenvalue weighted by atomic mass is 9.86. The number of hydrogen-bond acceptors (Lipinski definition) is 2. The minimum Gasteiger partial charge on any atom is -0.303 e. The van der Waals surface area contributed by atoms with Crippen molar-refractivity contribution in [3.05, 3.63) is 35.4 Å². The molecular formula is C24H36N2. The molecule has 26 heavy (non-hydrogen) atoms. The van der Waals surface area contributed by atoms with Gasteiger partial charge in [0.25, 0.3) is 0 Å². The van der Waals surface area contributed by atoms with Gasteiger partial charge < -0.3 is 4.90 Å². The third-order valence-corrected chi connectivity index (χ3v) is 8.05. The Kier molecular flexibility index (Phi) is 5.07. The Morgan fingerprint density at radius 1 is 0.808 bits per heavy atom. The third kappa shape index (κ3) is 3.47. The Morgan fingerprint density at radius 2 is 1.58 bits per heavy atom. The van der Waals surface area contributed by atoms with Crippen LogP contribution in [0.15, 0.2) is 24.3 Å². The normalized spacial score (nSPS) is 33.3. The maximum absolute atomic E-state index is 2.87. The van der Waals surface area contributed by atoms with E-state index in [1.54, 1.807) is 5.56 Å². The van der Waals surface area contributed by atoms with Crippen LogP contribution in [-0.4, -0.2) is 48.6 Å². The monoisotopic (exact) mass is 352 g/mol. The topological polar surface area (TPSA) is 6.48 Å². The predicted molar refractivity (Wildman–Crippen MR) is 109 cm³/mol. The summed E-state index contributed by atoms with van der Waals surface area (Å²) in [5.41, 5.74) is 3.17. The Hall–Kier alpha value is -0.860. The molecule has 0 aromatic heterocycles. The predicted octanol–water partition coefficient (Wildman–Crippen LogP) is 4.69. The summed E-state index contributed by atoms with van der Waals surface area (Å²) in [6, 6.07) is 10.7. The summed E-state index contributed by atoms with van der Waals surface area (Å²) in [5.74, 6) is 2.75. The van der Waals surface area contributed by atoms with Crippen LogP contribution in [-0.2, 0) is 6.42 Å². The first-order valence-corrected chi connectivity index (χ1v) is 11.4. The lowest BCUT2D eigenvalue weighted by Crippen LogP contribution is -2.32. The zero-order valence-corrected chi connectivity index (χ0v) is 16.4. The molecule has 4 aliphatic rings. The lowest BCUT2D eigenvalue weighted by molar-refractivity contribution is 0.225. The van der Waals surface area contributed by atoms with E-state index in [0.717, 1.165) is 23.8 Å². The average Bonchev–Trinajstić information content (AvgIpc) is 3.45. The SMILES string of the molecule is c1cc(C2CCC3CN(C4CCCC4)CC32)ccc1CCN1CCCC1. The number of hydrogen-bond donors (Lipinski definition) is 0. The molecule has 2 heterocycles. The van der Waals surface area contributed by atoms with Gasteiger partial charge in [-0.1, -0.05) is 37.1 Å². The van der Waals surface area contributed by atoms with E-state index in [1.165, 1.54) is 96.1 Å². The van der Waals surface area contributed by atoms with E-state index in [2.05, 4.69) is 34.1 Å². The van der Waals surface area contributed by atoms with Crippen molar-refractivity contribution in [1.82, 2.24) is 9.80 Å². The average molecular weight is 353 g/mol. The van der Waals surface area contributed by atoms with Crippen molar-refractivity contribution >= 4 is 0 Å². The summed E-state index contributed by atoms with van der Waals surface area (Å²) in [4.78, 5) is 5.50. The van der Waals surface area contributed by atoms with Crippen LogP contribution < -0.4 is 0 Å². The van der Waals surface area contributed by atoms with Crippen molar-refractivity contribution in [3.8, 4) is 0 Å². The van der Waals surface area contributed by atoms with E-state index >= 15 is 0 Å². The molecule has 2 saturated heterocycles. The summed E-state index contributed by atoms with van der Waals surface area (Å²) in [5, 5.41) is 0. The smallest absolute Gasteiger partial charge is 0.00954 e. The van der Waals surface area contributed by atoms with Crippen LogP contribution in [0.5, 0.6) is 0 Å². The molecule has 0 radical (unpaired) electrons. The molecule has 2 nitrogen and oxygen atoms in total. The molecule has 0 N–H and O–H groups in total. The van der Waals surface area contributed by atoms with E-state index < -0.39 is 0 Å². The third-order valence-electron chi connectivity index (χ3n) is 8.05. The van der Waals surface area contributed by atoms with Crippen LogP contribution in [0.3, 0.4) is 0 Å². The minimum atomic E-state index is 0.832. The van der Waals surface area contributed by atoms with Gasteiger partial charge in [-0.2, -0.15) is 0 Å². The van der Waals surface area contributed by atoms with Gasteiger partial charge in [-0.15, -0.1) is 0 Å². The fraction of sp³-hybridized carbons (Fsp3) is 0.750. The zero-order chi connectivity index (χ0) is 17.3. The molecule has 1 aromatic carbocycles. The van der Waals surface area contributed by atoms with Crippen molar-refractivity contribution in [2.24, 2.45) is 11.8 Å². The second-order valence-electron chi connectivity index (χ2n) is 9.54. The molecule has 1 aromatic rings. The standard InChI is InChI=1S/C24H36N2/c1-2-6-22(5-1)26-17-21-11-12-23(24(21)18-26)20-9-7-19(8-10-20)13-16-25-14-3-4-15-25/h7-10,21-24H,1-6,11-18H2. The highest BCUT2D eigenvalue weighted by atomic mass is 15.2. The highest BCUT2D eigenvalue weighted by Gasteiger charge is 2.44. The van der Waals surface area contributed by atoms with Crippen LogP contribution in [0.2, 0.25) is 0 Å². The van der Waals surface area contributed by atoms with Gasteiger partial charge in [0, 0.05) is 25.7 Å². The van der Waals surface area contributed by atoms with Crippen LogP contribution in [0.25, 0.3) is 0 Å². The van der Waals surface area contributed by atoms with Crippen LogP contribution in [0, 0.1) is 11.8 Å². The second-order valence-corrected chi connectivity index (χ2v) is 9.54. The molecule has 4 fully saturated rings. The van der Waals surface area contributed by atoms with Gasteiger partial charge in [0.1, 0.15) is 0 Å². The number of benzene rings is 1. The molecule has 142 valence electrons. The zero-order valence-electron chi connectivity index (χ0n) is 16.4. The molecule has 2 aliphatic heterocycles. The first-order valence-electron chi connectivity index (χ1n) is 11.4. The van der Waals surface area contributed by atoms with Gasteiger partial charge in [-0.3, -0.25) is 4.90 Å². The van der Waals surface area contributed by atoms with Gasteiger partial charge in [0.05, 0.1) is 0 Å². The summed E-state index contributed by atoms with van der Waals surface area (Å²) in [6.45, 7) is 6.68. The number of fused-ring (bicyclic) bond motifs is 1. The first kappa shape index (κ1) is 17.3. The molecule has 2 saturated carbocycles. The van der Waals surface area contributed by atoms with Crippen LogP contribution >= 0.6 is 0 Å². The van der Waals surface area contributed by atoms with Gasteiger partial charge in [0.2, 0.25) is 0 Å². The minimum absolute atomic E-state index is 0.832. The molecular weight excluding hydrogens is 316 g/mol. The summed E-state index contributed by atoms with van der Waals surface area (Å²) < 4.78 is 0. The summed E-state index contributed by atoms with van der Waals surface area (Å²) >= 11 is 0. The summed E-state index contributed by atoms with van der Waals surface area (Å²) in [6.07, 6.45) is 12.8. The van der Waals surface area contributed by atoms with E-state index in [1.807, 2.05) is 0 Å². The van der Waals surface area contributed by atoms with E-state index in [9.17, 15) is 0 Å². The number of rotatable bonds is 5. The van der Waals surface area contributed by atoms with Crippen molar-refractivity contribution < 1.29 is 0 Å². The molecule has 5 rings (SSSR count). The molecule has 2 aliphatic carbocycles. The fourth-order valence-corrected chi connectivity index (χ4v) is 6.51. The molecule has 0 bridgehead atoms. The second kappa shape index (κ2) is 7.64. The Morgan fingerprint density at radius 3 is 2.35 bits per heavy atom. The highest BCUT2D eigenvalue weighted by Crippen LogP contribution is 2.48. The fourth-order valence-electron chi connectivity index (χ4n) is 6.51. The lowest BCUT2D eigenvalue weighted by Gasteiger charge is -2.26. The molecule has 2 heteroatoms. The van der Waals surface area contributed by atoms with Crippen LogP contribution in [0.1, 0.15) is 68.4 Å². The molecule has 0 amide bonds. The van der Waals surface area contributed by atoms with Crippen LogP contribution in [0.4, 0.5) is 0 Å². The van der Waals surface area contributed by atoms with Gasteiger partial charge >= 0.3 is 0 Å². The Bertz CT molecular complexity index is 583. The van der Waals surface area contributed by atoms with E-state index in [-0.39, 0.29) is 0 Å². The van der Waals surface area contributed by atoms with Gasteiger partial charge in [-0.05, 0) is 86.9 Å².